The lowest BCUT2D eigenvalue weighted by Crippen LogP contribution is -3.11. The zero-order valence-corrected chi connectivity index (χ0v) is 15.8. The first-order valence-electron chi connectivity index (χ1n) is 9.59. The third-order valence-corrected chi connectivity index (χ3v) is 4.69. The van der Waals surface area contributed by atoms with E-state index in [1.807, 2.05) is 55.6 Å². The molecule has 1 aliphatic carbocycles. The van der Waals surface area contributed by atoms with E-state index in [-0.39, 0.29) is 24.4 Å². The number of likely N-dealkylation sites (N-methyl/N-ethyl adjacent to an activating group) is 1. The molecular weight excluding hydrogens is 338 g/mol. The lowest BCUT2D eigenvalue weighted by molar-refractivity contribution is -0.862. The van der Waals surface area contributed by atoms with Crippen LogP contribution in [0.5, 0.6) is 0 Å². The number of quaternary nitrogens is 1. The second-order valence-electron chi connectivity index (χ2n) is 7.37. The fraction of sp³-hybridized carbons (Fsp3) is 0.364. The molecule has 0 heterocycles. The number of benzene rings is 2. The summed E-state index contributed by atoms with van der Waals surface area (Å²) in [5, 5.41) is 6.11. The van der Waals surface area contributed by atoms with Gasteiger partial charge in [-0.3, -0.25) is 9.59 Å². The molecule has 2 amide bonds. The molecule has 1 saturated carbocycles. The van der Waals surface area contributed by atoms with Crippen molar-refractivity contribution in [3.63, 3.8) is 0 Å². The first-order valence-corrected chi connectivity index (χ1v) is 9.59. The summed E-state index contributed by atoms with van der Waals surface area (Å²) in [6.07, 6.45) is 2.88. The molecule has 1 fully saturated rings. The quantitative estimate of drug-likeness (QED) is 0.617. The van der Waals surface area contributed by atoms with E-state index < -0.39 is 0 Å². The summed E-state index contributed by atoms with van der Waals surface area (Å²) in [7, 11) is 1.88. The number of hydrogen-bond acceptors (Lipinski definition) is 2. The van der Waals surface area contributed by atoms with E-state index in [9.17, 15) is 9.59 Å². The van der Waals surface area contributed by atoms with Crippen molar-refractivity contribution >= 4 is 11.8 Å². The Balaban J connectivity index is 1.57. The molecule has 5 heteroatoms. The first kappa shape index (κ1) is 19.1. The van der Waals surface area contributed by atoms with E-state index in [1.54, 1.807) is 0 Å². The van der Waals surface area contributed by atoms with Crippen molar-refractivity contribution in [1.82, 2.24) is 10.6 Å². The van der Waals surface area contributed by atoms with Crippen molar-refractivity contribution in [3.8, 4) is 0 Å². The van der Waals surface area contributed by atoms with Gasteiger partial charge in [0.25, 0.3) is 11.8 Å². The van der Waals surface area contributed by atoms with Crippen molar-refractivity contribution in [3.05, 3.63) is 71.8 Å². The number of carbonyl (C=O) groups excluding carboxylic acids is 2. The summed E-state index contributed by atoms with van der Waals surface area (Å²) in [4.78, 5) is 25.4. The van der Waals surface area contributed by atoms with Gasteiger partial charge in [-0.1, -0.05) is 60.7 Å². The highest BCUT2D eigenvalue weighted by Crippen LogP contribution is 2.18. The standard InChI is InChI=1S/C22H27N3O2/c1-25(15-21(26)23-19-12-13-19)16-22(27)24-20(18-10-6-3-7-11-18)14-17-8-4-2-5-9-17/h2-11,19-20H,12-16H2,1H3,(H,23,26)(H,24,27)/p+1/t20-/m1/s1. The maximum Gasteiger partial charge on any atom is 0.275 e. The predicted octanol–water partition coefficient (Wildman–Crippen LogP) is 0.880. The van der Waals surface area contributed by atoms with Gasteiger partial charge in [0.15, 0.2) is 13.1 Å². The zero-order chi connectivity index (χ0) is 19.1. The molecule has 0 spiro atoms. The summed E-state index contributed by atoms with van der Waals surface area (Å²) in [5.74, 6) is -0.0248. The highest BCUT2D eigenvalue weighted by atomic mass is 16.2. The van der Waals surface area contributed by atoms with Crippen LogP contribution in [0.4, 0.5) is 0 Å². The third kappa shape index (κ3) is 6.53. The summed E-state index contributed by atoms with van der Waals surface area (Å²) in [6.45, 7) is 0.592. The van der Waals surface area contributed by atoms with Crippen LogP contribution in [0.15, 0.2) is 60.7 Å². The molecule has 0 radical (unpaired) electrons. The molecule has 3 rings (SSSR count). The minimum absolute atomic E-state index is 0.0201. The molecule has 0 aromatic heterocycles. The van der Waals surface area contributed by atoms with E-state index in [0.29, 0.717) is 12.6 Å². The number of carbonyl (C=O) groups is 2. The van der Waals surface area contributed by atoms with E-state index in [0.717, 1.165) is 29.7 Å². The molecule has 2 aromatic carbocycles. The van der Waals surface area contributed by atoms with Gasteiger partial charge in [-0.05, 0) is 30.4 Å². The Bertz CT molecular complexity index is 745. The van der Waals surface area contributed by atoms with Gasteiger partial charge in [0.05, 0.1) is 13.1 Å². The van der Waals surface area contributed by atoms with Crippen molar-refractivity contribution in [2.45, 2.75) is 31.3 Å². The van der Waals surface area contributed by atoms with E-state index in [2.05, 4.69) is 22.8 Å². The van der Waals surface area contributed by atoms with Crippen molar-refractivity contribution in [1.29, 1.82) is 0 Å². The minimum Gasteiger partial charge on any atom is -0.348 e. The van der Waals surface area contributed by atoms with Gasteiger partial charge in [-0.2, -0.15) is 0 Å². The van der Waals surface area contributed by atoms with E-state index in [1.165, 1.54) is 5.56 Å². The van der Waals surface area contributed by atoms with Crippen LogP contribution in [0.1, 0.15) is 30.0 Å². The Hall–Kier alpha value is -2.66. The largest absolute Gasteiger partial charge is 0.348 e. The van der Waals surface area contributed by atoms with Crippen LogP contribution in [0, 0.1) is 0 Å². The molecule has 1 aliphatic rings. The predicted molar refractivity (Wildman–Crippen MR) is 105 cm³/mol. The van der Waals surface area contributed by atoms with Gasteiger partial charge < -0.3 is 15.5 Å². The summed E-state index contributed by atoms with van der Waals surface area (Å²) < 4.78 is 0. The monoisotopic (exact) mass is 366 g/mol. The zero-order valence-electron chi connectivity index (χ0n) is 15.8. The molecule has 2 atom stereocenters. The Morgan fingerprint density at radius 2 is 1.56 bits per heavy atom. The molecule has 0 saturated heterocycles. The van der Waals surface area contributed by atoms with Crippen LogP contribution in [0.3, 0.4) is 0 Å². The maximum absolute atomic E-state index is 12.6. The summed E-state index contributed by atoms with van der Waals surface area (Å²) >= 11 is 0. The average Bonchev–Trinajstić information content (AvgIpc) is 3.46. The van der Waals surface area contributed by atoms with Gasteiger partial charge >= 0.3 is 0 Å². The van der Waals surface area contributed by atoms with Gasteiger partial charge in [-0.25, -0.2) is 0 Å². The second kappa shape index (κ2) is 9.33. The Morgan fingerprint density at radius 3 is 2.19 bits per heavy atom. The first-order chi connectivity index (χ1) is 13.1. The number of rotatable bonds is 9. The lowest BCUT2D eigenvalue weighted by Gasteiger charge is -2.21. The Kier molecular flexibility index (Phi) is 6.60. The highest BCUT2D eigenvalue weighted by Gasteiger charge is 2.25. The maximum atomic E-state index is 12.6. The van der Waals surface area contributed by atoms with E-state index in [4.69, 9.17) is 0 Å². The normalized spacial score (nSPS) is 15.6. The van der Waals surface area contributed by atoms with Crippen LogP contribution < -0.4 is 15.5 Å². The van der Waals surface area contributed by atoms with Gasteiger partial charge in [0, 0.05) is 6.04 Å². The third-order valence-electron chi connectivity index (χ3n) is 4.69. The number of nitrogens with one attached hydrogen (secondary N) is 3. The molecule has 2 aromatic rings. The fourth-order valence-electron chi connectivity index (χ4n) is 3.15. The van der Waals surface area contributed by atoms with E-state index >= 15 is 0 Å². The topological polar surface area (TPSA) is 62.6 Å². The molecule has 142 valence electrons. The summed E-state index contributed by atoms with van der Waals surface area (Å²) in [6, 6.07) is 20.4. The van der Waals surface area contributed by atoms with Crippen LogP contribution in [-0.2, 0) is 16.0 Å². The summed E-state index contributed by atoms with van der Waals surface area (Å²) in [5.41, 5.74) is 2.26. The van der Waals surface area contributed by atoms with Crippen LogP contribution in [0.2, 0.25) is 0 Å². The lowest BCUT2D eigenvalue weighted by atomic mass is 9.99. The molecule has 27 heavy (non-hydrogen) atoms. The average molecular weight is 366 g/mol. The SMILES string of the molecule is C[NH+](CC(=O)NC1CC1)CC(=O)N[C@H](Cc1ccccc1)c1ccccc1. The molecule has 5 nitrogen and oxygen atoms in total. The van der Waals surface area contributed by atoms with Crippen molar-refractivity contribution in [2.75, 3.05) is 20.1 Å². The minimum atomic E-state index is -0.0887. The fourth-order valence-corrected chi connectivity index (χ4v) is 3.15. The van der Waals surface area contributed by atoms with Crippen LogP contribution in [-0.4, -0.2) is 38.0 Å². The van der Waals surface area contributed by atoms with Gasteiger partial charge in [0.2, 0.25) is 0 Å². The Morgan fingerprint density at radius 1 is 0.963 bits per heavy atom. The molecule has 0 aliphatic heterocycles. The molecule has 1 unspecified atom stereocenters. The van der Waals surface area contributed by atoms with Gasteiger partial charge in [-0.15, -0.1) is 0 Å². The molecular formula is C22H28N3O2+. The Labute approximate surface area is 160 Å². The molecule has 3 N–H and O–H groups in total. The van der Waals surface area contributed by atoms with Gasteiger partial charge in [0.1, 0.15) is 0 Å². The number of amides is 2. The highest BCUT2D eigenvalue weighted by molar-refractivity contribution is 5.79. The molecule has 0 bridgehead atoms. The van der Waals surface area contributed by atoms with Crippen LogP contribution >= 0.6 is 0 Å². The van der Waals surface area contributed by atoms with Crippen molar-refractivity contribution < 1.29 is 14.5 Å². The van der Waals surface area contributed by atoms with Crippen molar-refractivity contribution in [2.24, 2.45) is 0 Å². The number of hydrogen-bond donors (Lipinski definition) is 3. The second-order valence-corrected chi connectivity index (χ2v) is 7.37. The smallest absolute Gasteiger partial charge is 0.275 e. The van der Waals surface area contributed by atoms with Crippen LogP contribution in [0.25, 0.3) is 0 Å².